The lowest BCUT2D eigenvalue weighted by molar-refractivity contribution is -0.145. The zero-order valence-electron chi connectivity index (χ0n) is 16.4. The van der Waals surface area contributed by atoms with E-state index in [4.69, 9.17) is 14.2 Å². The number of ether oxygens (including phenoxy) is 3. The first kappa shape index (κ1) is 23.0. The fourth-order valence-corrected chi connectivity index (χ4v) is 4.56. The van der Waals surface area contributed by atoms with Crippen LogP contribution in [0.3, 0.4) is 0 Å². The molecule has 0 aliphatic carbocycles. The average molecular weight is 526 g/mol. The Kier molecular flexibility index (Phi) is 7.52. The molecule has 31 heavy (non-hydrogen) atoms. The summed E-state index contributed by atoms with van der Waals surface area (Å²) < 4.78 is 16.0. The quantitative estimate of drug-likeness (QED) is 0.299. The fraction of sp³-hybridized carbons (Fsp3) is 0.200. The molecule has 1 aromatic heterocycles. The van der Waals surface area contributed by atoms with Gasteiger partial charge in [0, 0.05) is 0 Å². The first-order valence-corrected chi connectivity index (χ1v) is 11.4. The second-order valence-electron chi connectivity index (χ2n) is 5.97. The molecule has 162 valence electrons. The Balaban J connectivity index is 1.83. The van der Waals surface area contributed by atoms with Gasteiger partial charge in [0.2, 0.25) is 0 Å². The highest BCUT2D eigenvalue weighted by Crippen LogP contribution is 2.39. The number of imide groups is 1. The number of carbonyl (C=O) groups excluding carboxylic acids is 4. The number of amides is 2. The Morgan fingerprint density at radius 3 is 2.68 bits per heavy atom. The third-order valence-corrected chi connectivity index (χ3v) is 6.28. The zero-order chi connectivity index (χ0) is 22.5. The SMILES string of the molecule is CCOC(=O)CN1C(=O)S/C(=C\c2cc(Br)c(OC(=O)c3cccs3)c(OC)c2)C1=O. The molecule has 2 aromatic rings. The smallest absolute Gasteiger partial charge is 0.353 e. The molecule has 0 saturated carbocycles. The summed E-state index contributed by atoms with van der Waals surface area (Å²) in [4.78, 5) is 50.0. The minimum Gasteiger partial charge on any atom is -0.493 e. The van der Waals surface area contributed by atoms with E-state index in [-0.39, 0.29) is 23.0 Å². The van der Waals surface area contributed by atoms with Crippen LogP contribution in [0.4, 0.5) is 4.79 Å². The number of benzene rings is 1. The van der Waals surface area contributed by atoms with Gasteiger partial charge in [-0.1, -0.05) is 6.07 Å². The number of methoxy groups -OCH3 is 1. The van der Waals surface area contributed by atoms with Crippen molar-refractivity contribution in [2.75, 3.05) is 20.3 Å². The largest absolute Gasteiger partial charge is 0.493 e. The Hall–Kier alpha value is -2.63. The molecule has 0 spiro atoms. The average Bonchev–Trinajstić information content (AvgIpc) is 3.35. The van der Waals surface area contributed by atoms with Crippen molar-refractivity contribution in [3.63, 3.8) is 0 Å². The lowest BCUT2D eigenvalue weighted by Crippen LogP contribution is -2.34. The van der Waals surface area contributed by atoms with Crippen molar-refractivity contribution in [2.45, 2.75) is 6.92 Å². The van der Waals surface area contributed by atoms with Crippen LogP contribution in [-0.4, -0.2) is 48.2 Å². The molecule has 1 saturated heterocycles. The van der Waals surface area contributed by atoms with Crippen molar-refractivity contribution in [1.29, 1.82) is 0 Å². The van der Waals surface area contributed by atoms with E-state index in [1.54, 1.807) is 36.6 Å². The van der Waals surface area contributed by atoms with Gasteiger partial charge in [0.25, 0.3) is 11.1 Å². The van der Waals surface area contributed by atoms with Gasteiger partial charge >= 0.3 is 11.9 Å². The fourth-order valence-electron chi connectivity index (χ4n) is 2.58. The zero-order valence-corrected chi connectivity index (χ0v) is 19.6. The molecule has 2 heterocycles. The molecule has 8 nitrogen and oxygen atoms in total. The number of esters is 2. The van der Waals surface area contributed by atoms with Crippen LogP contribution in [0.15, 0.2) is 39.0 Å². The number of thioether (sulfide) groups is 1. The molecule has 1 aromatic carbocycles. The molecule has 0 atom stereocenters. The van der Waals surface area contributed by atoms with E-state index in [9.17, 15) is 19.2 Å². The van der Waals surface area contributed by atoms with E-state index in [1.807, 2.05) is 0 Å². The summed E-state index contributed by atoms with van der Waals surface area (Å²) in [6.07, 6.45) is 1.49. The van der Waals surface area contributed by atoms with Crippen molar-refractivity contribution in [1.82, 2.24) is 4.90 Å². The summed E-state index contributed by atoms with van der Waals surface area (Å²) in [6, 6.07) is 6.58. The molecule has 1 fully saturated rings. The second kappa shape index (κ2) is 10.1. The van der Waals surface area contributed by atoms with Gasteiger partial charge < -0.3 is 14.2 Å². The molecule has 1 aliphatic heterocycles. The number of carbonyl (C=O) groups is 4. The van der Waals surface area contributed by atoms with Gasteiger partial charge in [-0.15, -0.1) is 11.3 Å². The van der Waals surface area contributed by atoms with Crippen molar-refractivity contribution in [2.24, 2.45) is 0 Å². The second-order valence-corrected chi connectivity index (χ2v) is 8.77. The van der Waals surface area contributed by atoms with E-state index in [0.717, 1.165) is 16.7 Å². The summed E-state index contributed by atoms with van der Waals surface area (Å²) in [5.74, 6) is -1.33. The molecule has 2 amide bonds. The topological polar surface area (TPSA) is 99.2 Å². The Labute approximate surface area is 194 Å². The number of hydrogen-bond donors (Lipinski definition) is 0. The standard InChI is InChI=1S/C20H16BrNO7S2/c1-3-28-16(23)10-22-18(24)15(31-20(22)26)9-11-7-12(21)17(13(8-11)27-2)29-19(25)14-5-4-6-30-14/h4-9H,3,10H2,1-2H3/b15-9-. The normalized spacial score (nSPS) is 14.8. The maximum absolute atomic E-state index is 12.5. The van der Waals surface area contributed by atoms with Gasteiger partial charge in [-0.05, 0) is 69.8 Å². The van der Waals surface area contributed by atoms with Gasteiger partial charge in [-0.3, -0.25) is 19.3 Å². The number of hydrogen-bond acceptors (Lipinski definition) is 9. The van der Waals surface area contributed by atoms with Crippen LogP contribution in [0.1, 0.15) is 22.2 Å². The van der Waals surface area contributed by atoms with Gasteiger partial charge in [0.05, 0.1) is 23.1 Å². The summed E-state index contributed by atoms with van der Waals surface area (Å²) in [7, 11) is 1.42. The van der Waals surface area contributed by atoms with Crippen LogP contribution in [0.25, 0.3) is 6.08 Å². The predicted octanol–water partition coefficient (Wildman–Crippen LogP) is 4.34. The maximum atomic E-state index is 12.5. The van der Waals surface area contributed by atoms with Crippen molar-refractivity contribution >= 4 is 68.2 Å². The van der Waals surface area contributed by atoms with Crippen molar-refractivity contribution in [3.8, 4) is 11.5 Å². The Morgan fingerprint density at radius 1 is 1.26 bits per heavy atom. The lowest BCUT2D eigenvalue weighted by atomic mass is 10.2. The molecule has 0 N–H and O–H groups in total. The highest BCUT2D eigenvalue weighted by Gasteiger charge is 2.36. The van der Waals surface area contributed by atoms with Crippen LogP contribution >= 0.6 is 39.0 Å². The summed E-state index contributed by atoms with van der Waals surface area (Å²) >= 11 is 5.33. The van der Waals surface area contributed by atoms with Crippen LogP contribution in [0.2, 0.25) is 0 Å². The maximum Gasteiger partial charge on any atom is 0.353 e. The molecule has 0 radical (unpaired) electrons. The van der Waals surface area contributed by atoms with Crippen LogP contribution in [0, 0.1) is 0 Å². The van der Waals surface area contributed by atoms with Crippen LogP contribution in [-0.2, 0) is 14.3 Å². The van der Waals surface area contributed by atoms with E-state index in [2.05, 4.69) is 15.9 Å². The monoisotopic (exact) mass is 525 g/mol. The lowest BCUT2D eigenvalue weighted by Gasteiger charge is -2.12. The van der Waals surface area contributed by atoms with Gasteiger partial charge in [0.15, 0.2) is 11.5 Å². The Morgan fingerprint density at radius 2 is 2.03 bits per heavy atom. The van der Waals surface area contributed by atoms with Gasteiger partial charge in [-0.25, -0.2) is 4.79 Å². The summed E-state index contributed by atoms with van der Waals surface area (Å²) in [6.45, 7) is 1.35. The Bertz CT molecular complexity index is 1070. The van der Waals surface area contributed by atoms with E-state index in [1.165, 1.54) is 24.5 Å². The number of nitrogens with zero attached hydrogens (tertiary/aromatic N) is 1. The van der Waals surface area contributed by atoms with E-state index < -0.39 is 29.6 Å². The van der Waals surface area contributed by atoms with E-state index >= 15 is 0 Å². The molecular weight excluding hydrogens is 510 g/mol. The highest BCUT2D eigenvalue weighted by atomic mass is 79.9. The van der Waals surface area contributed by atoms with Crippen molar-refractivity contribution < 1.29 is 33.4 Å². The van der Waals surface area contributed by atoms with Gasteiger partial charge in [-0.2, -0.15) is 0 Å². The molecule has 3 rings (SSSR count). The first-order chi connectivity index (χ1) is 14.8. The molecule has 1 aliphatic rings. The third-order valence-electron chi connectivity index (χ3n) is 3.93. The molecule has 11 heteroatoms. The molecular formula is C20H16BrNO7S2. The predicted molar refractivity (Wildman–Crippen MR) is 119 cm³/mol. The van der Waals surface area contributed by atoms with Gasteiger partial charge in [0.1, 0.15) is 11.4 Å². The third kappa shape index (κ3) is 5.35. The minimum atomic E-state index is -0.660. The number of thiophene rings is 1. The van der Waals surface area contributed by atoms with Crippen LogP contribution in [0.5, 0.6) is 11.5 Å². The van der Waals surface area contributed by atoms with Crippen molar-refractivity contribution in [3.05, 3.63) is 49.5 Å². The first-order valence-electron chi connectivity index (χ1n) is 8.88. The number of halogens is 1. The summed E-state index contributed by atoms with van der Waals surface area (Å²) in [5.41, 5.74) is 0.529. The highest BCUT2D eigenvalue weighted by molar-refractivity contribution is 9.10. The molecule has 0 unspecified atom stereocenters. The molecule has 0 bridgehead atoms. The summed E-state index contributed by atoms with van der Waals surface area (Å²) in [5, 5.41) is 1.21. The van der Waals surface area contributed by atoms with E-state index in [0.29, 0.717) is 14.9 Å². The van der Waals surface area contributed by atoms with Crippen LogP contribution < -0.4 is 9.47 Å². The minimum absolute atomic E-state index is 0.145. The number of rotatable bonds is 7.